The molecule has 0 radical (unpaired) electrons. The molecule has 1 aliphatic carbocycles. The summed E-state index contributed by atoms with van der Waals surface area (Å²) in [6.07, 6.45) is 4.01. The lowest BCUT2D eigenvalue weighted by molar-refractivity contribution is -0.122. The summed E-state index contributed by atoms with van der Waals surface area (Å²) >= 11 is 0. The summed E-state index contributed by atoms with van der Waals surface area (Å²) in [5.74, 6) is 1.99. The number of benzene rings is 2. The number of ether oxygens (including phenoxy) is 1. The Morgan fingerprint density at radius 1 is 1.13 bits per heavy atom. The first-order valence-electron chi connectivity index (χ1n) is 10.7. The predicted molar refractivity (Wildman–Crippen MR) is 137 cm³/mol. The first-order valence-corrected chi connectivity index (χ1v) is 10.7. The second-order valence-electron chi connectivity index (χ2n) is 7.50. The molecule has 0 heterocycles. The minimum Gasteiger partial charge on any atom is -0.496 e. The number of para-hydroxylation sites is 1. The van der Waals surface area contributed by atoms with Crippen molar-refractivity contribution in [1.82, 2.24) is 10.6 Å². The summed E-state index contributed by atoms with van der Waals surface area (Å²) in [6.45, 7) is 4.13. The third-order valence-electron chi connectivity index (χ3n) is 5.31. The fraction of sp³-hybridized carbons (Fsp3) is 0.417. The van der Waals surface area contributed by atoms with E-state index in [0.29, 0.717) is 6.54 Å². The molecule has 0 atom stereocenters. The zero-order chi connectivity index (χ0) is 21.2. The van der Waals surface area contributed by atoms with Gasteiger partial charge in [-0.15, -0.1) is 24.0 Å². The molecule has 0 unspecified atom stereocenters. The van der Waals surface area contributed by atoms with E-state index in [-0.39, 0.29) is 35.8 Å². The average molecular weight is 536 g/mol. The lowest BCUT2D eigenvalue weighted by atomic mass is 9.85. The van der Waals surface area contributed by atoms with Crippen LogP contribution in [-0.2, 0) is 17.8 Å². The van der Waals surface area contributed by atoms with Gasteiger partial charge in [-0.1, -0.05) is 36.8 Å². The Labute approximate surface area is 202 Å². The molecule has 2 aromatic carbocycles. The Bertz CT molecular complexity index is 868. The number of rotatable bonds is 9. The number of guanidine groups is 1. The van der Waals surface area contributed by atoms with Crippen LogP contribution in [0.4, 0.5) is 5.69 Å². The highest BCUT2D eigenvalue weighted by molar-refractivity contribution is 14.0. The number of nitrogens with zero attached hydrogens (tertiary/aromatic N) is 1. The van der Waals surface area contributed by atoms with E-state index in [0.717, 1.165) is 61.7 Å². The fourth-order valence-electron chi connectivity index (χ4n) is 3.40. The van der Waals surface area contributed by atoms with Crippen molar-refractivity contribution in [1.29, 1.82) is 0 Å². The second-order valence-corrected chi connectivity index (χ2v) is 7.50. The molecule has 3 N–H and O–H groups in total. The number of nitrogens with one attached hydrogen (secondary N) is 3. The maximum Gasteiger partial charge on any atom is 0.227 e. The van der Waals surface area contributed by atoms with E-state index in [4.69, 9.17) is 9.73 Å². The standard InChI is InChI=1S/C24H32N4O2.HI/c1-3-25-24(26-15-14-19-9-4-5-13-22(19)30-2)27-17-18-8-6-12-21(16-18)28-23(29)20-10-7-11-20;/h4-6,8-9,12-13,16,20H,3,7,10-11,14-15,17H2,1-2H3,(H,28,29)(H2,25,26,27);1H. The predicted octanol–water partition coefficient (Wildman–Crippen LogP) is 4.35. The lowest BCUT2D eigenvalue weighted by Crippen LogP contribution is -2.38. The molecule has 168 valence electrons. The van der Waals surface area contributed by atoms with Crippen LogP contribution in [0.1, 0.15) is 37.3 Å². The Morgan fingerprint density at radius 3 is 2.65 bits per heavy atom. The van der Waals surface area contributed by atoms with E-state index < -0.39 is 0 Å². The maximum absolute atomic E-state index is 12.2. The normalized spacial score (nSPS) is 13.5. The minimum atomic E-state index is 0. The van der Waals surface area contributed by atoms with Gasteiger partial charge in [0.2, 0.25) is 5.91 Å². The highest BCUT2D eigenvalue weighted by atomic mass is 127. The lowest BCUT2D eigenvalue weighted by Gasteiger charge is -2.24. The van der Waals surface area contributed by atoms with Crippen molar-refractivity contribution in [3.8, 4) is 5.75 Å². The van der Waals surface area contributed by atoms with Gasteiger partial charge in [-0.05, 0) is 55.5 Å². The van der Waals surface area contributed by atoms with Gasteiger partial charge >= 0.3 is 0 Å². The van der Waals surface area contributed by atoms with Gasteiger partial charge in [-0.3, -0.25) is 4.79 Å². The molecule has 0 saturated heterocycles. The first kappa shape index (κ1) is 25.0. The molecule has 3 rings (SSSR count). The van der Waals surface area contributed by atoms with Crippen molar-refractivity contribution in [2.24, 2.45) is 10.9 Å². The molecule has 7 heteroatoms. The molecule has 31 heavy (non-hydrogen) atoms. The first-order chi connectivity index (χ1) is 14.7. The van der Waals surface area contributed by atoms with E-state index in [1.165, 1.54) is 5.56 Å². The van der Waals surface area contributed by atoms with Gasteiger partial charge in [0.05, 0.1) is 13.7 Å². The molecular formula is C24H33IN4O2. The number of carbonyl (C=O) groups is 1. The van der Waals surface area contributed by atoms with Crippen LogP contribution in [0.25, 0.3) is 0 Å². The van der Waals surface area contributed by atoms with Crippen molar-refractivity contribution in [3.05, 3.63) is 59.7 Å². The smallest absolute Gasteiger partial charge is 0.227 e. The van der Waals surface area contributed by atoms with Crippen molar-refractivity contribution < 1.29 is 9.53 Å². The molecule has 1 saturated carbocycles. The maximum atomic E-state index is 12.2. The quantitative estimate of drug-likeness (QED) is 0.253. The SMILES string of the molecule is CCNC(=NCc1cccc(NC(=O)C2CCC2)c1)NCCc1ccccc1OC.I. The molecule has 0 spiro atoms. The van der Waals surface area contributed by atoms with Gasteiger partial charge in [-0.25, -0.2) is 4.99 Å². The van der Waals surface area contributed by atoms with E-state index in [1.807, 2.05) is 49.4 Å². The summed E-state index contributed by atoms with van der Waals surface area (Å²) < 4.78 is 5.42. The molecule has 1 fully saturated rings. The fourth-order valence-corrected chi connectivity index (χ4v) is 3.40. The van der Waals surface area contributed by atoms with Gasteiger partial charge in [0, 0.05) is 24.7 Å². The van der Waals surface area contributed by atoms with Gasteiger partial charge < -0.3 is 20.7 Å². The van der Waals surface area contributed by atoms with Crippen LogP contribution < -0.4 is 20.7 Å². The van der Waals surface area contributed by atoms with E-state index in [2.05, 4.69) is 22.0 Å². The molecular weight excluding hydrogens is 503 g/mol. The van der Waals surface area contributed by atoms with Gasteiger partial charge in [0.1, 0.15) is 5.75 Å². The van der Waals surface area contributed by atoms with Gasteiger partial charge in [0.15, 0.2) is 5.96 Å². The molecule has 0 aliphatic heterocycles. The zero-order valence-electron chi connectivity index (χ0n) is 18.3. The summed E-state index contributed by atoms with van der Waals surface area (Å²) in [4.78, 5) is 16.9. The third kappa shape index (κ3) is 7.72. The molecule has 1 amide bonds. The monoisotopic (exact) mass is 536 g/mol. The molecule has 1 aliphatic rings. The summed E-state index contributed by atoms with van der Waals surface area (Å²) in [7, 11) is 1.69. The number of hydrogen-bond donors (Lipinski definition) is 3. The largest absolute Gasteiger partial charge is 0.496 e. The van der Waals surface area contributed by atoms with Crippen LogP contribution in [-0.4, -0.2) is 32.1 Å². The summed E-state index contributed by atoms with van der Waals surface area (Å²) in [6, 6.07) is 16.0. The Balaban J connectivity index is 0.00000341. The highest BCUT2D eigenvalue weighted by Crippen LogP contribution is 2.27. The number of hydrogen-bond acceptors (Lipinski definition) is 3. The van der Waals surface area contributed by atoms with Crippen molar-refractivity contribution in [3.63, 3.8) is 0 Å². The number of amides is 1. The van der Waals surface area contributed by atoms with E-state index in [9.17, 15) is 4.79 Å². The van der Waals surface area contributed by atoms with Crippen LogP contribution in [0.5, 0.6) is 5.75 Å². The van der Waals surface area contributed by atoms with Crippen LogP contribution >= 0.6 is 24.0 Å². The van der Waals surface area contributed by atoms with Crippen LogP contribution in [0, 0.1) is 5.92 Å². The number of carbonyl (C=O) groups excluding carboxylic acids is 1. The molecule has 2 aromatic rings. The number of methoxy groups -OCH3 is 1. The number of halogens is 1. The minimum absolute atomic E-state index is 0. The topological polar surface area (TPSA) is 74.8 Å². The zero-order valence-corrected chi connectivity index (χ0v) is 20.6. The van der Waals surface area contributed by atoms with Crippen molar-refractivity contribution >= 4 is 41.5 Å². The molecule has 6 nitrogen and oxygen atoms in total. The Hall–Kier alpha value is -2.29. The van der Waals surface area contributed by atoms with Crippen LogP contribution in [0.2, 0.25) is 0 Å². The van der Waals surface area contributed by atoms with Gasteiger partial charge in [-0.2, -0.15) is 0 Å². The van der Waals surface area contributed by atoms with Crippen LogP contribution in [0.3, 0.4) is 0 Å². The molecule has 0 aromatic heterocycles. The van der Waals surface area contributed by atoms with Crippen molar-refractivity contribution in [2.75, 3.05) is 25.5 Å². The van der Waals surface area contributed by atoms with Crippen molar-refractivity contribution in [2.45, 2.75) is 39.2 Å². The van der Waals surface area contributed by atoms with E-state index in [1.54, 1.807) is 7.11 Å². The highest BCUT2D eigenvalue weighted by Gasteiger charge is 2.25. The summed E-state index contributed by atoms with van der Waals surface area (Å²) in [5, 5.41) is 9.69. The third-order valence-corrected chi connectivity index (χ3v) is 5.31. The van der Waals surface area contributed by atoms with E-state index >= 15 is 0 Å². The Kier molecular flexibility index (Phi) is 10.6. The second kappa shape index (κ2) is 13.2. The average Bonchev–Trinajstić information content (AvgIpc) is 2.71. The van der Waals surface area contributed by atoms with Gasteiger partial charge in [0.25, 0.3) is 0 Å². The summed E-state index contributed by atoms with van der Waals surface area (Å²) in [5.41, 5.74) is 3.07. The number of anilines is 1. The number of aliphatic imine (C=N–C) groups is 1. The van der Waals surface area contributed by atoms with Crippen LogP contribution in [0.15, 0.2) is 53.5 Å². The Morgan fingerprint density at radius 2 is 1.94 bits per heavy atom. The molecule has 0 bridgehead atoms.